The Labute approximate surface area is 102 Å². The second-order valence-corrected chi connectivity index (χ2v) is 4.92. The van der Waals surface area contributed by atoms with Crippen molar-refractivity contribution in [3.05, 3.63) is 36.4 Å². The predicted octanol–water partition coefficient (Wildman–Crippen LogP) is -0.296. The molecule has 2 aromatic rings. The fourth-order valence-corrected chi connectivity index (χ4v) is 1.75. The summed E-state index contributed by atoms with van der Waals surface area (Å²) in [6, 6.07) is 5.44. The lowest BCUT2D eigenvalue weighted by molar-refractivity contribution is 0.101. The molecule has 1 heterocycles. The van der Waals surface area contributed by atoms with E-state index in [1.807, 2.05) is 0 Å². The quantitative estimate of drug-likeness (QED) is 0.702. The molecule has 0 unspecified atom stereocenters. The third-order valence-corrected chi connectivity index (χ3v) is 3.00. The second kappa shape index (κ2) is 4.55. The lowest BCUT2D eigenvalue weighted by Crippen LogP contribution is -2.14. The third kappa shape index (κ3) is 2.70. The number of primary sulfonamides is 1. The van der Waals surface area contributed by atoms with E-state index < -0.39 is 15.9 Å². The highest BCUT2D eigenvalue weighted by atomic mass is 32.2. The molecular weight excluding hydrogens is 258 g/mol. The van der Waals surface area contributed by atoms with Gasteiger partial charge in [0.15, 0.2) is 0 Å². The zero-order chi connectivity index (χ0) is 13.2. The van der Waals surface area contributed by atoms with Gasteiger partial charge in [-0.05, 0) is 24.3 Å². The minimum absolute atomic E-state index is 0.0276. The van der Waals surface area contributed by atoms with E-state index in [0.29, 0.717) is 5.69 Å². The smallest absolute Gasteiger partial charge is 0.292 e. The molecule has 1 aromatic carbocycles. The predicted molar refractivity (Wildman–Crippen MR) is 62.2 cm³/mol. The normalized spacial score (nSPS) is 11.2. The minimum Gasteiger partial charge on any atom is -0.319 e. The maximum absolute atomic E-state index is 11.6. The van der Waals surface area contributed by atoms with E-state index in [-0.39, 0.29) is 10.7 Å². The molecule has 94 valence electrons. The van der Waals surface area contributed by atoms with E-state index in [1.165, 1.54) is 30.6 Å². The lowest BCUT2D eigenvalue weighted by Gasteiger charge is -2.03. The second-order valence-electron chi connectivity index (χ2n) is 3.36. The summed E-state index contributed by atoms with van der Waals surface area (Å²) in [5.74, 6) is -0.415. The molecule has 2 rings (SSSR count). The number of hydrogen-bond acceptors (Lipinski definition) is 5. The number of benzene rings is 1. The van der Waals surface area contributed by atoms with Gasteiger partial charge in [-0.2, -0.15) is 5.10 Å². The Morgan fingerprint density at radius 3 is 2.44 bits per heavy atom. The molecule has 0 spiro atoms. The molecule has 0 aliphatic carbocycles. The summed E-state index contributed by atoms with van der Waals surface area (Å²) in [6.07, 6.45) is 1.21. The maximum Gasteiger partial charge on any atom is 0.292 e. The van der Waals surface area contributed by atoms with Gasteiger partial charge >= 0.3 is 0 Å². The molecule has 1 aromatic heterocycles. The van der Waals surface area contributed by atoms with Gasteiger partial charge in [0.25, 0.3) is 5.91 Å². The first-order chi connectivity index (χ1) is 8.47. The van der Waals surface area contributed by atoms with Crippen molar-refractivity contribution in [3.8, 4) is 0 Å². The molecule has 18 heavy (non-hydrogen) atoms. The first-order valence-electron chi connectivity index (χ1n) is 4.76. The molecule has 9 heteroatoms. The number of carbonyl (C=O) groups excluding carboxylic acids is 1. The number of anilines is 1. The van der Waals surface area contributed by atoms with E-state index >= 15 is 0 Å². The zero-order valence-corrected chi connectivity index (χ0v) is 9.81. The molecule has 0 fully saturated rings. The van der Waals surface area contributed by atoms with Crippen LogP contribution in [0.5, 0.6) is 0 Å². The molecule has 0 atom stereocenters. The molecule has 0 radical (unpaired) electrons. The van der Waals surface area contributed by atoms with Gasteiger partial charge in [-0.25, -0.2) is 18.5 Å². The molecule has 8 nitrogen and oxygen atoms in total. The average molecular weight is 267 g/mol. The molecule has 1 amide bonds. The van der Waals surface area contributed by atoms with Gasteiger partial charge in [-0.15, -0.1) is 0 Å². The molecular formula is C9H9N5O3S. The number of carbonyl (C=O) groups is 1. The van der Waals surface area contributed by atoms with E-state index in [0.717, 1.165) is 0 Å². The Bertz CT molecular complexity index is 648. The van der Waals surface area contributed by atoms with Gasteiger partial charge < -0.3 is 5.32 Å². The highest BCUT2D eigenvalue weighted by Gasteiger charge is 2.10. The number of nitrogens with zero attached hydrogens (tertiary/aromatic N) is 2. The summed E-state index contributed by atoms with van der Waals surface area (Å²) < 4.78 is 22.0. The monoisotopic (exact) mass is 267 g/mol. The molecule has 4 N–H and O–H groups in total. The van der Waals surface area contributed by atoms with Crippen molar-refractivity contribution in [3.63, 3.8) is 0 Å². The first kappa shape index (κ1) is 12.2. The van der Waals surface area contributed by atoms with Gasteiger partial charge in [-0.1, -0.05) is 0 Å². The fourth-order valence-electron chi connectivity index (χ4n) is 1.23. The SMILES string of the molecule is NS(=O)(=O)c1ccc(NC(=O)c2ncn[nH]2)cc1. The van der Waals surface area contributed by atoms with Gasteiger partial charge in [0.2, 0.25) is 15.8 Å². The van der Waals surface area contributed by atoms with Crippen molar-refractivity contribution in [1.82, 2.24) is 15.2 Å². The van der Waals surface area contributed by atoms with Gasteiger partial charge in [-0.3, -0.25) is 9.89 Å². The number of nitrogens with one attached hydrogen (secondary N) is 2. The highest BCUT2D eigenvalue weighted by molar-refractivity contribution is 7.89. The average Bonchev–Trinajstić information content (AvgIpc) is 2.82. The Hall–Kier alpha value is -2.26. The summed E-state index contributed by atoms with van der Waals surface area (Å²) in [5.41, 5.74) is 0.420. The number of H-pyrrole nitrogens is 1. The Kier molecular flexibility index (Phi) is 3.08. The van der Waals surface area contributed by atoms with Crippen LogP contribution in [0, 0.1) is 0 Å². The molecule has 0 bridgehead atoms. The maximum atomic E-state index is 11.6. The van der Waals surface area contributed by atoms with Gasteiger partial charge in [0.05, 0.1) is 4.90 Å². The summed E-state index contributed by atoms with van der Waals surface area (Å²) >= 11 is 0. The van der Waals surface area contributed by atoms with Crippen LogP contribution in [0.25, 0.3) is 0 Å². The summed E-state index contributed by atoms with van der Waals surface area (Å²) in [4.78, 5) is 15.2. The van der Waals surface area contributed by atoms with Gasteiger partial charge in [0.1, 0.15) is 6.33 Å². The van der Waals surface area contributed by atoms with Crippen LogP contribution in [0.4, 0.5) is 5.69 Å². The topological polar surface area (TPSA) is 131 Å². The number of aromatic amines is 1. The van der Waals surface area contributed by atoms with Crippen LogP contribution >= 0.6 is 0 Å². The summed E-state index contributed by atoms with van der Waals surface area (Å²) in [6.45, 7) is 0. The Morgan fingerprint density at radius 2 is 1.94 bits per heavy atom. The molecule has 0 saturated carbocycles. The zero-order valence-electron chi connectivity index (χ0n) is 8.99. The first-order valence-corrected chi connectivity index (χ1v) is 6.31. The van der Waals surface area contributed by atoms with Crippen LogP contribution in [-0.2, 0) is 10.0 Å². The van der Waals surface area contributed by atoms with Crippen molar-refractivity contribution in [2.75, 3.05) is 5.32 Å². The number of rotatable bonds is 3. The summed E-state index contributed by atoms with van der Waals surface area (Å²) in [5, 5.41) is 13.4. The van der Waals surface area contributed by atoms with E-state index in [4.69, 9.17) is 5.14 Å². The van der Waals surface area contributed by atoms with E-state index in [1.54, 1.807) is 0 Å². The fraction of sp³-hybridized carbons (Fsp3) is 0. The van der Waals surface area contributed by atoms with Crippen molar-refractivity contribution in [2.45, 2.75) is 4.90 Å². The number of aromatic nitrogens is 3. The molecule has 0 aliphatic heterocycles. The van der Waals surface area contributed by atoms with Crippen LogP contribution in [0.2, 0.25) is 0 Å². The van der Waals surface area contributed by atoms with Crippen molar-refractivity contribution < 1.29 is 13.2 Å². The standard InChI is InChI=1S/C9H9N5O3S/c10-18(16,17)7-3-1-6(2-4-7)13-9(15)8-11-5-12-14-8/h1-5H,(H,13,15)(H2,10,16,17)(H,11,12,14). The van der Waals surface area contributed by atoms with E-state index in [2.05, 4.69) is 20.5 Å². The van der Waals surface area contributed by atoms with Crippen LogP contribution in [-0.4, -0.2) is 29.5 Å². The Morgan fingerprint density at radius 1 is 1.28 bits per heavy atom. The number of amides is 1. The highest BCUT2D eigenvalue weighted by Crippen LogP contribution is 2.13. The lowest BCUT2D eigenvalue weighted by atomic mass is 10.3. The number of hydrogen-bond donors (Lipinski definition) is 3. The van der Waals surface area contributed by atoms with Crippen LogP contribution in [0.1, 0.15) is 10.6 Å². The molecule has 0 aliphatic rings. The summed E-state index contributed by atoms with van der Waals surface area (Å²) in [7, 11) is -3.73. The largest absolute Gasteiger partial charge is 0.319 e. The molecule has 0 saturated heterocycles. The number of nitrogens with two attached hydrogens (primary N) is 1. The van der Waals surface area contributed by atoms with Gasteiger partial charge in [0, 0.05) is 5.69 Å². The van der Waals surface area contributed by atoms with E-state index in [9.17, 15) is 13.2 Å². The van der Waals surface area contributed by atoms with Crippen LogP contribution < -0.4 is 10.5 Å². The van der Waals surface area contributed by atoms with Crippen molar-refractivity contribution in [1.29, 1.82) is 0 Å². The van der Waals surface area contributed by atoms with Crippen molar-refractivity contribution in [2.24, 2.45) is 5.14 Å². The van der Waals surface area contributed by atoms with Crippen LogP contribution in [0.15, 0.2) is 35.5 Å². The van der Waals surface area contributed by atoms with Crippen LogP contribution in [0.3, 0.4) is 0 Å². The third-order valence-electron chi connectivity index (χ3n) is 2.07. The minimum atomic E-state index is -3.73. The Balaban J connectivity index is 2.14. The number of sulfonamides is 1. The van der Waals surface area contributed by atoms with Crippen molar-refractivity contribution >= 4 is 21.6 Å².